The Morgan fingerprint density at radius 2 is 2.00 bits per heavy atom. The number of rotatable bonds is 10. The fourth-order valence-corrected chi connectivity index (χ4v) is 4.91. The number of aromatic amines is 1. The molecule has 2 heterocycles. The van der Waals surface area contributed by atoms with Crippen LogP contribution < -0.4 is 26.6 Å². The number of nitrogens with one attached hydrogen (secondary N) is 2. The Hall–Kier alpha value is -2.84. The summed E-state index contributed by atoms with van der Waals surface area (Å²) in [4.78, 5) is 38.1. The van der Waals surface area contributed by atoms with Crippen molar-refractivity contribution in [1.82, 2.24) is 14.6 Å². The van der Waals surface area contributed by atoms with Crippen molar-refractivity contribution in [3.8, 4) is 5.75 Å². The maximum atomic E-state index is 13.6. The third kappa shape index (κ3) is 6.10. The molecule has 1 unspecified atom stereocenters. The minimum atomic E-state index is -4.35. The van der Waals surface area contributed by atoms with E-state index in [1.54, 1.807) is 25.1 Å². The lowest BCUT2D eigenvalue weighted by Gasteiger charge is -2.30. The standard InChI is InChI=1S/C21H29N4O10P/c1-4-32-19(29)13(3)24-36(31,35-14-8-6-5-7-9-14)33-11-21(22)16(27)15(26)18(34-21)25-10-12(2)17(28)23-20(25)30/h5-10,13,15-16,18,26-27H,4,11,22H2,1-3H3,(H,24,31)(H,23,28,30)/t13-,15+,16-,18+,21+,36?/m0/s1. The van der Waals surface area contributed by atoms with Gasteiger partial charge in [-0.05, 0) is 32.9 Å². The quantitative estimate of drug-likeness (QED) is 0.195. The number of nitrogens with zero attached hydrogens (tertiary/aromatic N) is 1. The Morgan fingerprint density at radius 1 is 1.33 bits per heavy atom. The van der Waals surface area contributed by atoms with Crippen LogP contribution >= 0.6 is 7.75 Å². The first-order valence-electron chi connectivity index (χ1n) is 11.0. The number of aromatic nitrogens is 2. The zero-order chi connectivity index (χ0) is 26.7. The van der Waals surface area contributed by atoms with Crippen molar-refractivity contribution in [2.24, 2.45) is 5.73 Å². The molecule has 36 heavy (non-hydrogen) atoms. The number of hydrogen-bond acceptors (Lipinski definition) is 11. The summed E-state index contributed by atoms with van der Waals surface area (Å²) >= 11 is 0. The van der Waals surface area contributed by atoms with Gasteiger partial charge < -0.3 is 24.2 Å². The van der Waals surface area contributed by atoms with Gasteiger partial charge in [0.15, 0.2) is 12.0 Å². The van der Waals surface area contributed by atoms with Crippen molar-refractivity contribution in [1.29, 1.82) is 0 Å². The van der Waals surface area contributed by atoms with Gasteiger partial charge in [0.25, 0.3) is 5.56 Å². The van der Waals surface area contributed by atoms with Gasteiger partial charge in [-0.1, -0.05) is 18.2 Å². The molecule has 0 aliphatic carbocycles. The van der Waals surface area contributed by atoms with Crippen molar-refractivity contribution in [3.63, 3.8) is 0 Å². The van der Waals surface area contributed by atoms with Crippen LogP contribution in [0.3, 0.4) is 0 Å². The molecule has 1 aromatic carbocycles. The highest BCUT2D eigenvalue weighted by Crippen LogP contribution is 2.46. The van der Waals surface area contributed by atoms with E-state index in [1.807, 2.05) is 0 Å². The average Bonchev–Trinajstić information content (AvgIpc) is 3.05. The van der Waals surface area contributed by atoms with Crippen molar-refractivity contribution in [3.05, 3.63) is 62.9 Å². The maximum absolute atomic E-state index is 13.6. The van der Waals surface area contributed by atoms with E-state index >= 15 is 0 Å². The SMILES string of the molecule is CCOC(=O)[C@H](C)NP(=O)(OC[C@@]1(N)O[C@@H](n2cc(C)c(=O)[nH]c2=O)[C@H](O)[C@@H]1O)Oc1ccccc1. The second kappa shape index (κ2) is 11.0. The number of esters is 1. The molecule has 1 saturated heterocycles. The molecule has 0 radical (unpaired) electrons. The van der Waals surface area contributed by atoms with Gasteiger partial charge in [0.2, 0.25) is 0 Å². The number of benzene rings is 1. The normalized spacial score (nSPS) is 26.2. The van der Waals surface area contributed by atoms with Crippen LogP contribution in [0.5, 0.6) is 5.75 Å². The minimum Gasteiger partial charge on any atom is -0.465 e. The average molecular weight is 528 g/mol. The van der Waals surface area contributed by atoms with Crippen LogP contribution in [0.1, 0.15) is 25.6 Å². The lowest BCUT2D eigenvalue weighted by molar-refractivity contribution is -0.144. The van der Waals surface area contributed by atoms with E-state index in [0.717, 1.165) is 10.8 Å². The van der Waals surface area contributed by atoms with Crippen LogP contribution in [0.25, 0.3) is 0 Å². The topological polar surface area (TPSA) is 204 Å². The number of aryl methyl sites for hydroxylation is 1. The molecular weight excluding hydrogens is 499 g/mol. The Bertz CT molecular complexity index is 1240. The van der Waals surface area contributed by atoms with Crippen LogP contribution in [0.2, 0.25) is 0 Å². The van der Waals surface area contributed by atoms with E-state index in [9.17, 15) is 29.2 Å². The third-order valence-electron chi connectivity index (χ3n) is 5.30. The lowest BCUT2D eigenvalue weighted by Crippen LogP contribution is -2.54. The van der Waals surface area contributed by atoms with Gasteiger partial charge in [-0.25, -0.2) is 9.36 Å². The van der Waals surface area contributed by atoms with E-state index in [2.05, 4.69) is 10.1 Å². The smallest absolute Gasteiger partial charge is 0.459 e. The van der Waals surface area contributed by atoms with E-state index in [1.165, 1.54) is 26.0 Å². The highest BCUT2D eigenvalue weighted by atomic mass is 31.2. The molecule has 0 amide bonds. The number of ether oxygens (including phenoxy) is 2. The summed E-state index contributed by atoms with van der Waals surface area (Å²) in [6.07, 6.45) is -3.89. The van der Waals surface area contributed by atoms with Crippen molar-refractivity contribution >= 4 is 13.7 Å². The van der Waals surface area contributed by atoms with Crippen LogP contribution in [0.4, 0.5) is 0 Å². The van der Waals surface area contributed by atoms with Crippen molar-refractivity contribution in [2.75, 3.05) is 13.2 Å². The molecule has 6 atom stereocenters. The van der Waals surface area contributed by atoms with Gasteiger partial charge in [-0.3, -0.25) is 29.4 Å². The van der Waals surface area contributed by atoms with Crippen LogP contribution in [0.15, 0.2) is 46.1 Å². The summed E-state index contributed by atoms with van der Waals surface area (Å²) in [6, 6.07) is 6.81. The molecule has 1 aliphatic heterocycles. The fraction of sp³-hybridized carbons (Fsp3) is 0.476. The van der Waals surface area contributed by atoms with Crippen LogP contribution in [-0.4, -0.2) is 62.9 Å². The first kappa shape index (κ1) is 27.7. The fourth-order valence-electron chi connectivity index (χ4n) is 3.38. The number of para-hydroxylation sites is 1. The monoisotopic (exact) mass is 528 g/mol. The number of carbonyl (C=O) groups is 1. The third-order valence-corrected chi connectivity index (χ3v) is 6.92. The van der Waals surface area contributed by atoms with Crippen LogP contribution in [-0.2, 0) is 23.4 Å². The van der Waals surface area contributed by atoms with Gasteiger partial charge in [-0.2, -0.15) is 5.09 Å². The molecule has 0 saturated carbocycles. The molecule has 6 N–H and O–H groups in total. The zero-order valence-corrected chi connectivity index (χ0v) is 20.7. The lowest BCUT2D eigenvalue weighted by atomic mass is 10.1. The summed E-state index contributed by atoms with van der Waals surface area (Å²) in [5, 5.41) is 23.6. The molecular formula is C21H29N4O10P. The van der Waals surface area contributed by atoms with Gasteiger partial charge in [0.1, 0.15) is 30.6 Å². The minimum absolute atomic E-state index is 0.0877. The molecule has 2 aromatic rings. The van der Waals surface area contributed by atoms with Crippen molar-refractivity contribution in [2.45, 2.75) is 51.0 Å². The number of hydrogen-bond donors (Lipinski definition) is 5. The summed E-state index contributed by atoms with van der Waals surface area (Å²) in [6.45, 7) is 3.70. The molecule has 198 valence electrons. The summed E-state index contributed by atoms with van der Waals surface area (Å²) in [5.74, 6) is -0.586. The molecule has 1 aromatic heterocycles. The Kier molecular flexibility index (Phi) is 8.52. The van der Waals surface area contributed by atoms with Gasteiger partial charge >= 0.3 is 19.4 Å². The summed E-state index contributed by atoms with van der Waals surface area (Å²) in [5.41, 5.74) is 2.57. The number of aliphatic hydroxyl groups excluding tert-OH is 2. The first-order valence-corrected chi connectivity index (χ1v) is 12.5. The highest BCUT2D eigenvalue weighted by molar-refractivity contribution is 7.52. The molecule has 0 spiro atoms. The Morgan fingerprint density at radius 3 is 2.64 bits per heavy atom. The number of nitrogens with two attached hydrogens (primary N) is 1. The first-order chi connectivity index (χ1) is 16.9. The largest absolute Gasteiger partial charge is 0.465 e. The van der Waals surface area contributed by atoms with Gasteiger partial charge in [-0.15, -0.1) is 0 Å². The second-order valence-corrected chi connectivity index (χ2v) is 9.85. The molecule has 15 heteroatoms. The second-order valence-electron chi connectivity index (χ2n) is 8.16. The van der Waals surface area contributed by atoms with Gasteiger partial charge in [0.05, 0.1) is 6.61 Å². The van der Waals surface area contributed by atoms with Gasteiger partial charge in [0, 0.05) is 11.8 Å². The highest BCUT2D eigenvalue weighted by Gasteiger charge is 2.54. The summed E-state index contributed by atoms with van der Waals surface area (Å²) in [7, 11) is -4.35. The molecule has 0 bridgehead atoms. The molecule has 14 nitrogen and oxygen atoms in total. The predicted octanol–water partition coefficient (Wildman–Crippen LogP) is -0.504. The van der Waals surface area contributed by atoms with E-state index in [0.29, 0.717) is 0 Å². The number of aliphatic hydroxyl groups is 2. The zero-order valence-electron chi connectivity index (χ0n) is 19.8. The number of H-pyrrole nitrogens is 1. The van der Waals surface area contributed by atoms with Crippen molar-refractivity contribution < 1.29 is 38.1 Å². The Balaban J connectivity index is 1.84. The van der Waals surface area contributed by atoms with E-state index in [4.69, 9.17) is 24.3 Å². The maximum Gasteiger partial charge on any atom is 0.459 e. The Labute approximate surface area is 205 Å². The van der Waals surface area contributed by atoms with E-state index < -0.39 is 61.8 Å². The molecule has 3 rings (SSSR count). The van der Waals surface area contributed by atoms with Crippen LogP contribution in [0, 0.1) is 6.92 Å². The van der Waals surface area contributed by atoms with E-state index in [-0.39, 0.29) is 17.9 Å². The number of carbonyl (C=O) groups excluding carboxylic acids is 1. The predicted molar refractivity (Wildman–Crippen MR) is 125 cm³/mol. The molecule has 1 aliphatic rings. The summed E-state index contributed by atoms with van der Waals surface area (Å²) < 4.78 is 35.8. The molecule has 1 fully saturated rings.